The number of aliphatic hydroxyl groups excluding tert-OH is 1. The summed E-state index contributed by atoms with van der Waals surface area (Å²) in [5.41, 5.74) is 1.56. The van der Waals surface area contributed by atoms with Crippen LogP contribution in [-0.4, -0.2) is 34.2 Å². The van der Waals surface area contributed by atoms with Gasteiger partial charge in [-0.1, -0.05) is 12.1 Å². The minimum absolute atomic E-state index is 0.00228. The van der Waals surface area contributed by atoms with Crippen molar-refractivity contribution in [1.82, 2.24) is 5.32 Å². The van der Waals surface area contributed by atoms with Gasteiger partial charge >= 0.3 is 5.97 Å². The first kappa shape index (κ1) is 15.5. The molecule has 5 nitrogen and oxygen atoms in total. The predicted octanol–water partition coefficient (Wildman–Crippen LogP) is 2.03. The van der Waals surface area contributed by atoms with Gasteiger partial charge in [0.05, 0.1) is 17.2 Å². The third kappa shape index (κ3) is 3.42. The van der Waals surface area contributed by atoms with Gasteiger partial charge in [-0.25, -0.2) is 4.79 Å². The molecule has 0 unspecified atom stereocenters. The quantitative estimate of drug-likeness (QED) is 0.795. The number of nitrogens with one attached hydrogen (secondary N) is 1. The highest BCUT2D eigenvalue weighted by Gasteiger charge is 2.25. The van der Waals surface area contributed by atoms with Crippen LogP contribution in [0.1, 0.15) is 57.5 Å². The summed E-state index contributed by atoms with van der Waals surface area (Å²) in [6.07, 6.45) is 2.50. The van der Waals surface area contributed by atoms with Crippen LogP contribution in [0.3, 0.4) is 0 Å². The summed E-state index contributed by atoms with van der Waals surface area (Å²) in [6.45, 7) is 3.43. The molecule has 1 aliphatic rings. The lowest BCUT2D eigenvalue weighted by molar-refractivity contribution is 0.0688. The second-order valence-corrected chi connectivity index (χ2v) is 5.73. The molecule has 2 rings (SSSR count). The lowest BCUT2D eigenvalue weighted by Gasteiger charge is -2.26. The second kappa shape index (κ2) is 6.26. The summed E-state index contributed by atoms with van der Waals surface area (Å²) >= 11 is 0. The Morgan fingerprint density at radius 1 is 1.05 bits per heavy atom. The molecule has 0 atom stereocenters. The van der Waals surface area contributed by atoms with Crippen LogP contribution >= 0.6 is 0 Å². The molecule has 0 radical (unpaired) electrons. The Bertz CT molecular complexity index is 560. The number of carbonyl (C=O) groups excluding carboxylic acids is 1. The van der Waals surface area contributed by atoms with E-state index in [1.165, 1.54) is 0 Å². The maximum Gasteiger partial charge on any atom is 0.336 e. The largest absolute Gasteiger partial charge is 0.478 e. The van der Waals surface area contributed by atoms with E-state index in [1.54, 1.807) is 26.0 Å². The summed E-state index contributed by atoms with van der Waals surface area (Å²) in [5, 5.41) is 21.7. The standard InChI is InChI=1S/C16H21NO4/c1-9-3-4-10(2)14(16(20)21)13(9)15(19)17-11-5-7-12(18)8-6-11/h3-4,11-12,18H,5-8H2,1-2H3,(H,17,19)(H,20,21). The van der Waals surface area contributed by atoms with Crippen molar-refractivity contribution in [2.75, 3.05) is 0 Å². The maximum absolute atomic E-state index is 12.5. The first-order chi connectivity index (χ1) is 9.90. The molecule has 1 aliphatic carbocycles. The van der Waals surface area contributed by atoms with Gasteiger partial charge in [-0.3, -0.25) is 4.79 Å². The van der Waals surface area contributed by atoms with E-state index in [0.29, 0.717) is 24.0 Å². The fourth-order valence-corrected chi connectivity index (χ4v) is 2.86. The summed E-state index contributed by atoms with van der Waals surface area (Å²) < 4.78 is 0. The Kier molecular flexibility index (Phi) is 4.63. The molecule has 3 N–H and O–H groups in total. The summed E-state index contributed by atoms with van der Waals surface area (Å²) in [7, 11) is 0. The van der Waals surface area contributed by atoms with Crippen molar-refractivity contribution in [3.8, 4) is 0 Å². The lowest BCUT2D eigenvalue weighted by atomic mass is 9.92. The molecule has 0 bridgehead atoms. The monoisotopic (exact) mass is 291 g/mol. The van der Waals surface area contributed by atoms with E-state index < -0.39 is 5.97 Å². The molecule has 1 saturated carbocycles. The minimum Gasteiger partial charge on any atom is -0.478 e. The molecule has 1 amide bonds. The Hall–Kier alpha value is -1.88. The topological polar surface area (TPSA) is 86.6 Å². The molecular formula is C16H21NO4. The Morgan fingerprint density at radius 3 is 2.10 bits per heavy atom. The van der Waals surface area contributed by atoms with Crippen molar-refractivity contribution in [3.05, 3.63) is 34.4 Å². The van der Waals surface area contributed by atoms with Crippen LogP contribution in [0.2, 0.25) is 0 Å². The summed E-state index contributed by atoms with van der Waals surface area (Å²) in [5.74, 6) is -1.42. The molecule has 0 spiro atoms. The normalized spacial score (nSPS) is 21.9. The maximum atomic E-state index is 12.5. The number of hydrogen-bond donors (Lipinski definition) is 3. The molecule has 21 heavy (non-hydrogen) atoms. The van der Waals surface area contributed by atoms with E-state index in [9.17, 15) is 19.8 Å². The van der Waals surface area contributed by atoms with Crippen LogP contribution in [0.5, 0.6) is 0 Å². The molecule has 1 aromatic carbocycles. The van der Waals surface area contributed by atoms with Gasteiger partial charge in [-0.2, -0.15) is 0 Å². The number of aryl methyl sites for hydroxylation is 2. The van der Waals surface area contributed by atoms with E-state index in [-0.39, 0.29) is 29.2 Å². The van der Waals surface area contributed by atoms with Gasteiger partial charge in [0, 0.05) is 6.04 Å². The highest BCUT2D eigenvalue weighted by molar-refractivity contribution is 6.06. The fraction of sp³-hybridized carbons (Fsp3) is 0.500. The number of aromatic carboxylic acids is 1. The SMILES string of the molecule is Cc1ccc(C)c(C(=O)NC2CCC(O)CC2)c1C(=O)O. The molecule has 5 heteroatoms. The second-order valence-electron chi connectivity index (χ2n) is 5.73. The minimum atomic E-state index is -1.08. The number of rotatable bonds is 3. The van der Waals surface area contributed by atoms with Gasteiger partial charge in [0.15, 0.2) is 0 Å². The molecular weight excluding hydrogens is 270 g/mol. The van der Waals surface area contributed by atoms with Gasteiger partial charge in [0.1, 0.15) is 0 Å². The number of hydrogen-bond acceptors (Lipinski definition) is 3. The number of carbonyl (C=O) groups is 2. The summed E-state index contributed by atoms with van der Waals surface area (Å²) in [4.78, 5) is 23.9. The molecule has 1 fully saturated rings. The van der Waals surface area contributed by atoms with Gasteiger partial charge in [0.2, 0.25) is 0 Å². The zero-order valence-corrected chi connectivity index (χ0v) is 12.3. The van der Waals surface area contributed by atoms with Crippen LogP contribution < -0.4 is 5.32 Å². The van der Waals surface area contributed by atoms with E-state index in [1.807, 2.05) is 0 Å². The average molecular weight is 291 g/mol. The lowest BCUT2D eigenvalue weighted by Crippen LogP contribution is -2.39. The Morgan fingerprint density at radius 2 is 1.57 bits per heavy atom. The zero-order valence-electron chi connectivity index (χ0n) is 12.3. The molecule has 114 valence electrons. The van der Waals surface area contributed by atoms with Crippen LogP contribution in [-0.2, 0) is 0 Å². The van der Waals surface area contributed by atoms with E-state index in [4.69, 9.17) is 0 Å². The van der Waals surface area contributed by atoms with Crippen molar-refractivity contribution < 1.29 is 19.8 Å². The van der Waals surface area contributed by atoms with Crippen molar-refractivity contribution >= 4 is 11.9 Å². The van der Waals surface area contributed by atoms with Crippen molar-refractivity contribution in [2.24, 2.45) is 0 Å². The molecule has 0 aliphatic heterocycles. The molecule has 1 aromatic rings. The molecule has 0 heterocycles. The van der Waals surface area contributed by atoms with Gasteiger partial charge in [-0.05, 0) is 50.7 Å². The number of amides is 1. The van der Waals surface area contributed by atoms with E-state index in [2.05, 4.69) is 5.32 Å². The van der Waals surface area contributed by atoms with Gasteiger partial charge < -0.3 is 15.5 Å². The number of carboxylic acids is 1. The van der Waals surface area contributed by atoms with Crippen LogP contribution in [0, 0.1) is 13.8 Å². The fourth-order valence-electron chi connectivity index (χ4n) is 2.86. The van der Waals surface area contributed by atoms with E-state index in [0.717, 1.165) is 12.8 Å². The van der Waals surface area contributed by atoms with Crippen LogP contribution in [0.15, 0.2) is 12.1 Å². The highest BCUT2D eigenvalue weighted by Crippen LogP contribution is 2.22. The Labute approximate surface area is 124 Å². The average Bonchev–Trinajstić information content (AvgIpc) is 2.43. The first-order valence-corrected chi connectivity index (χ1v) is 7.22. The van der Waals surface area contributed by atoms with Crippen molar-refractivity contribution in [2.45, 2.75) is 51.7 Å². The van der Waals surface area contributed by atoms with Gasteiger partial charge in [-0.15, -0.1) is 0 Å². The van der Waals surface area contributed by atoms with Crippen LogP contribution in [0.25, 0.3) is 0 Å². The van der Waals surface area contributed by atoms with Crippen molar-refractivity contribution in [1.29, 1.82) is 0 Å². The molecule has 0 aromatic heterocycles. The van der Waals surface area contributed by atoms with Crippen LogP contribution in [0.4, 0.5) is 0 Å². The van der Waals surface area contributed by atoms with Gasteiger partial charge in [0.25, 0.3) is 5.91 Å². The third-order valence-corrected chi connectivity index (χ3v) is 4.09. The smallest absolute Gasteiger partial charge is 0.336 e. The Balaban J connectivity index is 2.23. The predicted molar refractivity (Wildman–Crippen MR) is 78.6 cm³/mol. The highest BCUT2D eigenvalue weighted by atomic mass is 16.4. The number of benzene rings is 1. The first-order valence-electron chi connectivity index (χ1n) is 7.22. The zero-order chi connectivity index (χ0) is 15.6. The summed E-state index contributed by atoms with van der Waals surface area (Å²) in [6, 6.07) is 3.48. The number of carboxylic acid groups (broad SMARTS) is 1. The third-order valence-electron chi connectivity index (χ3n) is 4.09. The van der Waals surface area contributed by atoms with Crippen molar-refractivity contribution in [3.63, 3.8) is 0 Å². The number of aliphatic hydroxyl groups is 1. The molecule has 0 saturated heterocycles. The van der Waals surface area contributed by atoms with E-state index >= 15 is 0 Å².